The number of methoxy groups -OCH3 is 1. The quantitative estimate of drug-likeness (QED) is 0.374. The van der Waals surface area contributed by atoms with E-state index >= 15 is 0 Å². The molecule has 2 aliphatic rings. The van der Waals surface area contributed by atoms with Crippen LogP contribution in [0.2, 0.25) is 0 Å². The summed E-state index contributed by atoms with van der Waals surface area (Å²) in [6.07, 6.45) is 1.38. The number of hydrogen-bond donors (Lipinski definition) is 3. The molecule has 1 saturated carbocycles. The molecular formula is C28H34N8O5. The second kappa shape index (κ2) is 11.5. The fraction of sp³-hybridized carbons (Fsp3) is 0.429. The summed E-state index contributed by atoms with van der Waals surface area (Å²) in [4.78, 5) is 40.4. The first-order chi connectivity index (χ1) is 20.8. The number of benzene rings is 1. The lowest BCUT2D eigenvalue weighted by molar-refractivity contribution is -0.117. The fourth-order valence-corrected chi connectivity index (χ4v) is 4.86. The van der Waals surface area contributed by atoms with E-state index < -0.39 is 12.9 Å². The molecule has 0 spiro atoms. The van der Waals surface area contributed by atoms with Crippen LogP contribution in [-0.4, -0.2) is 82.0 Å². The zero-order valence-corrected chi connectivity index (χ0v) is 23.2. The van der Waals surface area contributed by atoms with E-state index in [4.69, 9.17) is 13.6 Å². The largest absolute Gasteiger partial charge is 0.494 e. The minimum Gasteiger partial charge on any atom is -0.494 e. The first kappa shape index (κ1) is 24.3. The first-order valence-corrected chi connectivity index (χ1v) is 13.3. The van der Waals surface area contributed by atoms with Crippen LogP contribution in [0, 0.1) is 5.92 Å². The summed E-state index contributed by atoms with van der Waals surface area (Å²) in [6.45, 7) is 2.02. The fourth-order valence-electron chi connectivity index (χ4n) is 4.86. The molecule has 41 heavy (non-hydrogen) atoms. The average Bonchev–Trinajstić information content (AvgIpc) is 3.73. The van der Waals surface area contributed by atoms with E-state index in [0.29, 0.717) is 41.5 Å². The number of para-hydroxylation sites is 1. The Balaban J connectivity index is 1.48. The lowest BCUT2D eigenvalue weighted by Gasteiger charge is -2.35. The molecule has 1 aliphatic heterocycles. The molecule has 3 N–H and O–H groups in total. The third kappa shape index (κ3) is 5.99. The number of anilines is 3. The van der Waals surface area contributed by atoms with E-state index in [9.17, 15) is 14.4 Å². The van der Waals surface area contributed by atoms with Gasteiger partial charge >= 0.3 is 0 Å². The van der Waals surface area contributed by atoms with Crippen LogP contribution in [0.4, 0.5) is 17.2 Å². The maximum absolute atomic E-state index is 13.4. The zero-order valence-electron chi connectivity index (χ0n) is 26.2. The summed E-state index contributed by atoms with van der Waals surface area (Å²) in [5.74, 6) is -1.06. The monoisotopic (exact) mass is 565 g/mol. The molecule has 0 radical (unpaired) electrons. The zero-order chi connectivity index (χ0) is 31.8. The highest BCUT2D eigenvalue weighted by molar-refractivity contribution is 6.00. The van der Waals surface area contributed by atoms with Crippen molar-refractivity contribution in [3.05, 3.63) is 41.7 Å². The molecule has 3 amide bonds. The van der Waals surface area contributed by atoms with Crippen LogP contribution in [0.25, 0.3) is 11.3 Å². The summed E-state index contributed by atoms with van der Waals surface area (Å²) in [5.41, 5.74) is 1.56. The standard InChI is InChI=1S/C28H34N8O5/c1-15-13-36(14-16(2)41-15)28(39)22-11-20(34-35(22)4)18-7-6-8-19(25(18)40-5)30-21-12-23(31-26(37)17-9-10-17)32-33-24(21)27(38)29-3/h6-8,11-12,15-17H,9-10,13-14H2,1-5H3,(H,29,38)(H2,30,31,32,37)/t15-,16+/i3D3. The molecule has 1 aromatic carbocycles. The topological polar surface area (TPSA) is 153 Å². The van der Waals surface area contributed by atoms with Gasteiger partial charge in [-0.15, -0.1) is 10.2 Å². The summed E-state index contributed by atoms with van der Waals surface area (Å²) in [5, 5.41) is 20.1. The Labute approximate surface area is 241 Å². The van der Waals surface area contributed by atoms with Crippen LogP contribution >= 0.6 is 0 Å². The van der Waals surface area contributed by atoms with Gasteiger partial charge in [-0.05, 0) is 44.9 Å². The van der Waals surface area contributed by atoms with Gasteiger partial charge in [0.1, 0.15) is 5.69 Å². The predicted octanol–water partition coefficient (Wildman–Crippen LogP) is 2.59. The number of hydrogen-bond acceptors (Lipinski definition) is 9. The van der Waals surface area contributed by atoms with Crippen molar-refractivity contribution in [2.45, 2.75) is 38.9 Å². The Kier molecular flexibility index (Phi) is 6.83. The second-order valence-electron chi connectivity index (χ2n) is 10.2. The summed E-state index contributed by atoms with van der Waals surface area (Å²) in [6, 6.07) is 8.27. The molecule has 2 atom stereocenters. The third-order valence-electron chi connectivity index (χ3n) is 6.89. The van der Waals surface area contributed by atoms with Gasteiger partial charge in [-0.1, -0.05) is 6.07 Å². The molecule has 0 bridgehead atoms. The Morgan fingerprint density at radius 1 is 1.10 bits per heavy atom. The van der Waals surface area contributed by atoms with Gasteiger partial charge in [0.05, 0.1) is 36.4 Å². The SMILES string of the molecule is [2H]C([2H])([2H])NC(=O)c1nnc(NC(=O)C2CC2)cc1Nc1cccc(-c2cc(C(=O)N3C[C@@H](C)O[C@@H](C)C3)n(C)n2)c1OC. The number of aromatic nitrogens is 4. The molecular weight excluding hydrogens is 528 g/mol. The number of aryl methyl sites for hydroxylation is 1. The van der Waals surface area contributed by atoms with Crippen molar-refractivity contribution >= 4 is 34.9 Å². The van der Waals surface area contributed by atoms with Crippen LogP contribution < -0.4 is 20.7 Å². The molecule has 3 aromatic rings. The Morgan fingerprint density at radius 3 is 2.54 bits per heavy atom. The van der Waals surface area contributed by atoms with Gasteiger partial charge in [-0.2, -0.15) is 5.10 Å². The predicted molar refractivity (Wildman–Crippen MR) is 151 cm³/mol. The van der Waals surface area contributed by atoms with Gasteiger partial charge in [0, 0.05) is 48.8 Å². The van der Waals surface area contributed by atoms with Crippen molar-refractivity contribution in [3.8, 4) is 17.0 Å². The van der Waals surface area contributed by atoms with Gasteiger partial charge < -0.3 is 30.3 Å². The highest BCUT2D eigenvalue weighted by Gasteiger charge is 2.31. The van der Waals surface area contributed by atoms with Crippen LogP contribution in [0.1, 0.15) is 51.8 Å². The van der Waals surface area contributed by atoms with E-state index in [1.54, 1.807) is 36.2 Å². The van der Waals surface area contributed by atoms with Gasteiger partial charge in [0.15, 0.2) is 17.3 Å². The van der Waals surface area contributed by atoms with E-state index in [0.717, 1.165) is 12.8 Å². The molecule has 1 saturated heterocycles. The van der Waals surface area contributed by atoms with E-state index in [2.05, 4.69) is 25.9 Å². The van der Waals surface area contributed by atoms with Crippen molar-refractivity contribution in [2.75, 3.05) is 37.8 Å². The number of amides is 3. The van der Waals surface area contributed by atoms with Crippen molar-refractivity contribution in [1.82, 2.24) is 30.2 Å². The summed E-state index contributed by atoms with van der Waals surface area (Å²) >= 11 is 0. The van der Waals surface area contributed by atoms with Crippen molar-refractivity contribution < 1.29 is 28.0 Å². The lowest BCUT2D eigenvalue weighted by atomic mass is 10.1. The van der Waals surface area contributed by atoms with Crippen LogP contribution in [0.5, 0.6) is 5.75 Å². The van der Waals surface area contributed by atoms with Crippen molar-refractivity contribution in [3.63, 3.8) is 0 Å². The maximum atomic E-state index is 13.4. The molecule has 13 nitrogen and oxygen atoms in total. The van der Waals surface area contributed by atoms with E-state index in [-0.39, 0.29) is 47.1 Å². The Hall–Kier alpha value is -4.52. The molecule has 0 unspecified atom stereocenters. The molecule has 2 aromatic heterocycles. The minimum atomic E-state index is -2.77. The number of nitrogens with one attached hydrogen (secondary N) is 3. The number of ether oxygens (including phenoxy) is 2. The maximum Gasteiger partial charge on any atom is 0.273 e. The number of rotatable bonds is 8. The first-order valence-electron chi connectivity index (χ1n) is 14.8. The number of carbonyl (C=O) groups excluding carboxylic acids is 3. The highest BCUT2D eigenvalue weighted by Crippen LogP contribution is 2.38. The normalized spacial score (nSPS) is 19.9. The van der Waals surface area contributed by atoms with Crippen molar-refractivity contribution in [2.24, 2.45) is 13.0 Å². The van der Waals surface area contributed by atoms with Crippen LogP contribution in [0.15, 0.2) is 30.3 Å². The van der Waals surface area contributed by atoms with Crippen LogP contribution in [0.3, 0.4) is 0 Å². The molecule has 216 valence electrons. The molecule has 5 rings (SSSR count). The van der Waals surface area contributed by atoms with Gasteiger partial charge in [0.25, 0.3) is 11.8 Å². The summed E-state index contributed by atoms with van der Waals surface area (Å²) < 4.78 is 35.3. The Morgan fingerprint density at radius 2 is 1.85 bits per heavy atom. The number of morpholine rings is 1. The minimum absolute atomic E-state index is 0.0794. The number of nitrogens with zero attached hydrogens (tertiary/aromatic N) is 5. The average molecular weight is 566 g/mol. The molecule has 3 heterocycles. The molecule has 13 heteroatoms. The highest BCUT2D eigenvalue weighted by atomic mass is 16.5. The Bertz CT molecular complexity index is 1580. The third-order valence-corrected chi connectivity index (χ3v) is 6.89. The smallest absolute Gasteiger partial charge is 0.273 e. The molecule has 1 aliphatic carbocycles. The van der Waals surface area contributed by atoms with Gasteiger partial charge in [-0.3, -0.25) is 19.1 Å². The van der Waals surface area contributed by atoms with Gasteiger partial charge in [0.2, 0.25) is 5.91 Å². The van der Waals surface area contributed by atoms with Gasteiger partial charge in [-0.25, -0.2) is 0 Å². The molecule has 2 fully saturated rings. The van der Waals surface area contributed by atoms with E-state index in [1.165, 1.54) is 17.9 Å². The van der Waals surface area contributed by atoms with Crippen molar-refractivity contribution in [1.29, 1.82) is 0 Å². The number of carbonyl (C=O) groups is 3. The summed E-state index contributed by atoms with van der Waals surface area (Å²) in [7, 11) is 3.15. The lowest BCUT2D eigenvalue weighted by Crippen LogP contribution is -2.48. The van der Waals surface area contributed by atoms with Crippen LogP contribution in [-0.2, 0) is 16.6 Å². The second-order valence-corrected chi connectivity index (χ2v) is 10.2. The van der Waals surface area contributed by atoms with E-state index in [1.807, 2.05) is 19.2 Å².